The topological polar surface area (TPSA) is 65.1 Å². The molecule has 1 fully saturated rings. The van der Waals surface area contributed by atoms with Gasteiger partial charge in [-0.05, 0) is 22.8 Å². The van der Waals surface area contributed by atoms with Crippen LogP contribution in [0.2, 0.25) is 0 Å². The van der Waals surface area contributed by atoms with Crippen LogP contribution in [0.4, 0.5) is 0 Å². The molecule has 21 heavy (non-hydrogen) atoms. The number of epoxide rings is 1. The van der Waals surface area contributed by atoms with E-state index in [0.29, 0.717) is 0 Å². The van der Waals surface area contributed by atoms with Crippen LogP contribution in [-0.4, -0.2) is 31.3 Å². The van der Waals surface area contributed by atoms with Gasteiger partial charge in [0.15, 0.2) is 5.60 Å². The van der Waals surface area contributed by atoms with Gasteiger partial charge in [0.25, 0.3) is 0 Å². The second kappa shape index (κ2) is 5.00. The van der Waals surface area contributed by atoms with Crippen LogP contribution in [0.25, 0.3) is 5.57 Å². The molecule has 0 unspecified atom stereocenters. The minimum atomic E-state index is -0.581. The number of rotatable bonds is 4. The Labute approximate surface area is 122 Å². The second-order valence-corrected chi connectivity index (χ2v) is 5.23. The highest BCUT2D eigenvalue weighted by Crippen LogP contribution is 2.53. The molecule has 0 bridgehead atoms. The number of esters is 2. The van der Waals surface area contributed by atoms with Crippen LogP contribution >= 0.6 is 0 Å². The van der Waals surface area contributed by atoms with E-state index in [9.17, 15) is 9.59 Å². The molecule has 1 aromatic carbocycles. The molecular weight excluding hydrogens is 272 g/mol. The average molecular weight is 288 g/mol. The van der Waals surface area contributed by atoms with Gasteiger partial charge in [0.2, 0.25) is 0 Å². The molecule has 2 atom stereocenters. The normalized spacial score (nSPS) is 25.2. The fourth-order valence-electron chi connectivity index (χ4n) is 2.69. The molecule has 5 heteroatoms. The Bertz CT molecular complexity index is 633. The molecule has 1 aromatic rings. The smallest absolute Gasteiger partial charge is 0.302 e. The zero-order chi connectivity index (χ0) is 15.0. The number of hydrogen-bond donors (Lipinski definition) is 0. The summed E-state index contributed by atoms with van der Waals surface area (Å²) in [6, 6.07) is 7.75. The van der Waals surface area contributed by atoms with Crippen molar-refractivity contribution in [3.8, 4) is 0 Å². The third kappa shape index (κ3) is 2.45. The Morgan fingerprint density at radius 2 is 1.90 bits per heavy atom. The molecule has 0 saturated carbocycles. The summed E-state index contributed by atoms with van der Waals surface area (Å²) >= 11 is 0. The van der Waals surface area contributed by atoms with E-state index >= 15 is 0 Å². The van der Waals surface area contributed by atoms with Gasteiger partial charge in [-0.15, -0.1) is 0 Å². The Morgan fingerprint density at radius 3 is 2.62 bits per heavy atom. The van der Waals surface area contributed by atoms with Gasteiger partial charge in [-0.2, -0.15) is 0 Å². The molecule has 0 aromatic heterocycles. The van der Waals surface area contributed by atoms with E-state index in [1.54, 1.807) is 0 Å². The van der Waals surface area contributed by atoms with Crippen LogP contribution < -0.4 is 0 Å². The van der Waals surface area contributed by atoms with E-state index in [4.69, 9.17) is 14.2 Å². The summed E-state index contributed by atoms with van der Waals surface area (Å²) in [6.07, 6.45) is 1.80. The molecule has 0 radical (unpaired) electrons. The van der Waals surface area contributed by atoms with Gasteiger partial charge in [-0.1, -0.05) is 24.3 Å². The molecule has 0 amide bonds. The molecule has 110 valence electrons. The van der Waals surface area contributed by atoms with Crippen molar-refractivity contribution < 1.29 is 23.8 Å². The van der Waals surface area contributed by atoms with Crippen LogP contribution in [0.15, 0.2) is 30.3 Å². The first kappa shape index (κ1) is 13.8. The van der Waals surface area contributed by atoms with E-state index in [1.807, 2.05) is 30.3 Å². The zero-order valence-electron chi connectivity index (χ0n) is 11.9. The summed E-state index contributed by atoms with van der Waals surface area (Å²) in [5.41, 5.74) is 2.28. The monoisotopic (exact) mass is 288 g/mol. The first-order valence-electron chi connectivity index (χ1n) is 6.78. The van der Waals surface area contributed by atoms with Crippen molar-refractivity contribution in [2.45, 2.75) is 25.6 Å². The highest BCUT2D eigenvalue weighted by atomic mass is 16.6. The number of ether oxygens (including phenoxy) is 3. The van der Waals surface area contributed by atoms with Crippen LogP contribution in [0.5, 0.6) is 0 Å². The van der Waals surface area contributed by atoms with Gasteiger partial charge in [-0.3, -0.25) is 9.59 Å². The van der Waals surface area contributed by atoms with Gasteiger partial charge in [0.1, 0.15) is 19.3 Å². The lowest BCUT2D eigenvalue weighted by atomic mass is 9.83. The van der Waals surface area contributed by atoms with Crippen LogP contribution in [0.1, 0.15) is 25.0 Å². The Balaban J connectivity index is 1.89. The molecule has 1 aliphatic carbocycles. The van der Waals surface area contributed by atoms with Crippen LogP contribution in [0.3, 0.4) is 0 Å². The van der Waals surface area contributed by atoms with Crippen molar-refractivity contribution in [3.63, 3.8) is 0 Å². The maximum atomic E-state index is 11.1. The minimum absolute atomic E-state index is 0.141. The van der Waals surface area contributed by atoms with Crippen LogP contribution in [-0.2, 0) is 29.4 Å². The molecule has 1 saturated heterocycles. The van der Waals surface area contributed by atoms with Crippen molar-refractivity contribution in [2.24, 2.45) is 0 Å². The van der Waals surface area contributed by atoms with Crippen molar-refractivity contribution >= 4 is 17.5 Å². The molecule has 3 rings (SSSR count). The SMILES string of the molecule is CC(=O)OCC1=C[C@@H]2O[C@]2(COC(C)=O)c2ccccc21. The lowest BCUT2D eigenvalue weighted by Gasteiger charge is -2.22. The van der Waals surface area contributed by atoms with Crippen LogP contribution in [0, 0.1) is 0 Å². The van der Waals surface area contributed by atoms with E-state index in [2.05, 4.69) is 0 Å². The minimum Gasteiger partial charge on any atom is -0.462 e. The molecule has 0 N–H and O–H groups in total. The lowest BCUT2D eigenvalue weighted by Crippen LogP contribution is -2.26. The molecule has 0 spiro atoms. The van der Waals surface area contributed by atoms with Gasteiger partial charge in [0.05, 0.1) is 0 Å². The van der Waals surface area contributed by atoms with Crippen molar-refractivity contribution in [1.29, 1.82) is 0 Å². The first-order valence-corrected chi connectivity index (χ1v) is 6.78. The van der Waals surface area contributed by atoms with E-state index < -0.39 is 5.60 Å². The van der Waals surface area contributed by atoms with Gasteiger partial charge in [0, 0.05) is 13.8 Å². The maximum Gasteiger partial charge on any atom is 0.302 e. The second-order valence-electron chi connectivity index (χ2n) is 5.23. The number of fused-ring (bicyclic) bond motifs is 3. The Morgan fingerprint density at radius 1 is 1.19 bits per heavy atom. The highest BCUT2D eigenvalue weighted by molar-refractivity contribution is 5.77. The quantitative estimate of drug-likeness (QED) is 0.624. The maximum absolute atomic E-state index is 11.1. The standard InChI is InChI=1S/C16H16O5/c1-10(17)19-8-12-7-15-16(21-15,9-20-11(2)18)14-6-4-3-5-13(12)14/h3-7,15H,8-9H2,1-2H3/t15-,16+/m0/s1. The Hall–Kier alpha value is -2.14. The van der Waals surface area contributed by atoms with E-state index in [-0.39, 0.29) is 31.3 Å². The number of hydrogen-bond acceptors (Lipinski definition) is 5. The molecule has 1 aliphatic heterocycles. The summed E-state index contributed by atoms with van der Waals surface area (Å²) in [5, 5.41) is 0. The molecular formula is C16H16O5. The average Bonchev–Trinajstić information content (AvgIpc) is 3.17. The summed E-state index contributed by atoms with van der Waals surface area (Å²) in [5.74, 6) is -0.646. The molecule has 2 aliphatic rings. The third-order valence-corrected chi connectivity index (χ3v) is 3.74. The fourth-order valence-corrected chi connectivity index (χ4v) is 2.69. The highest BCUT2D eigenvalue weighted by Gasteiger charge is 2.60. The summed E-state index contributed by atoms with van der Waals surface area (Å²) in [4.78, 5) is 22.0. The number of carbonyl (C=O) groups is 2. The third-order valence-electron chi connectivity index (χ3n) is 3.74. The van der Waals surface area contributed by atoms with Gasteiger partial charge >= 0.3 is 11.9 Å². The largest absolute Gasteiger partial charge is 0.462 e. The van der Waals surface area contributed by atoms with Crippen molar-refractivity contribution in [2.75, 3.05) is 13.2 Å². The fraction of sp³-hybridized carbons (Fsp3) is 0.375. The Kier molecular flexibility index (Phi) is 3.29. The summed E-state index contributed by atoms with van der Waals surface area (Å²) in [6.45, 7) is 3.18. The lowest BCUT2D eigenvalue weighted by molar-refractivity contribution is -0.143. The van der Waals surface area contributed by atoms with Gasteiger partial charge in [-0.25, -0.2) is 0 Å². The zero-order valence-corrected chi connectivity index (χ0v) is 11.9. The van der Waals surface area contributed by atoms with Crippen molar-refractivity contribution in [1.82, 2.24) is 0 Å². The van der Waals surface area contributed by atoms with E-state index in [0.717, 1.165) is 16.7 Å². The van der Waals surface area contributed by atoms with E-state index in [1.165, 1.54) is 13.8 Å². The first-order chi connectivity index (χ1) is 10.0. The summed E-state index contributed by atoms with van der Waals surface area (Å²) < 4.78 is 16.0. The summed E-state index contributed by atoms with van der Waals surface area (Å²) in [7, 11) is 0. The van der Waals surface area contributed by atoms with Crippen molar-refractivity contribution in [3.05, 3.63) is 41.5 Å². The number of carbonyl (C=O) groups excluding carboxylic acids is 2. The number of benzene rings is 1. The molecule has 1 heterocycles. The van der Waals surface area contributed by atoms with Gasteiger partial charge < -0.3 is 14.2 Å². The predicted molar refractivity (Wildman–Crippen MR) is 74.2 cm³/mol. The predicted octanol–water partition coefficient (Wildman–Crippen LogP) is 1.80. The molecule has 5 nitrogen and oxygen atoms in total.